The van der Waals surface area contributed by atoms with Gasteiger partial charge in [0.1, 0.15) is 0 Å². The number of hydrogen-bond donors (Lipinski definition) is 2. The number of rotatable bonds is 3. The van der Waals surface area contributed by atoms with Crippen LogP contribution in [0.3, 0.4) is 0 Å². The normalized spacial score (nSPS) is 22.5. The summed E-state index contributed by atoms with van der Waals surface area (Å²) in [5, 5.41) is 18.7. The zero-order valence-electron chi connectivity index (χ0n) is 11.8. The summed E-state index contributed by atoms with van der Waals surface area (Å²) in [6, 6.07) is 1.60. The molecule has 6 nitrogen and oxygen atoms in total. The van der Waals surface area contributed by atoms with E-state index in [9.17, 15) is 14.7 Å². The minimum Gasteiger partial charge on any atom is -0.478 e. The van der Waals surface area contributed by atoms with Gasteiger partial charge in [-0.25, -0.2) is 4.79 Å². The third-order valence-corrected chi connectivity index (χ3v) is 3.39. The van der Waals surface area contributed by atoms with Gasteiger partial charge >= 0.3 is 5.97 Å². The molecule has 1 aliphatic heterocycles. The number of pyridine rings is 1. The second kappa shape index (κ2) is 6.05. The lowest BCUT2D eigenvalue weighted by atomic mass is 9.95. The summed E-state index contributed by atoms with van der Waals surface area (Å²) in [6.07, 6.45) is 6.75. The average Bonchev–Trinajstić information content (AvgIpc) is 2.43. The number of aliphatic carboxylic acids is 1. The molecule has 1 fully saturated rings. The fourth-order valence-electron chi connectivity index (χ4n) is 2.41. The Bertz CT molecular complexity index is 581. The number of nitrogens with zero attached hydrogens (tertiary/aromatic N) is 2. The Balaban J connectivity index is 2.16. The maximum atomic E-state index is 12.4. The molecule has 2 heterocycles. The van der Waals surface area contributed by atoms with Gasteiger partial charge in [-0.2, -0.15) is 0 Å². The molecule has 1 unspecified atom stereocenters. The molecule has 1 atom stereocenters. The van der Waals surface area contributed by atoms with Crippen LogP contribution in [-0.2, 0) is 4.79 Å². The zero-order valence-corrected chi connectivity index (χ0v) is 11.8. The lowest BCUT2D eigenvalue weighted by molar-refractivity contribution is -0.131. The van der Waals surface area contributed by atoms with E-state index < -0.39 is 11.6 Å². The molecule has 0 saturated carbocycles. The lowest BCUT2D eigenvalue weighted by Crippen LogP contribution is -2.48. The highest BCUT2D eigenvalue weighted by Gasteiger charge is 2.31. The Morgan fingerprint density at radius 1 is 1.43 bits per heavy atom. The van der Waals surface area contributed by atoms with Crippen LogP contribution in [0.4, 0.5) is 0 Å². The van der Waals surface area contributed by atoms with Crippen molar-refractivity contribution in [3.8, 4) is 0 Å². The van der Waals surface area contributed by atoms with Crippen LogP contribution in [0.2, 0.25) is 0 Å². The Hall–Kier alpha value is -2.21. The summed E-state index contributed by atoms with van der Waals surface area (Å²) < 4.78 is 0. The van der Waals surface area contributed by atoms with Gasteiger partial charge in [-0.15, -0.1) is 0 Å². The van der Waals surface area contributed by atoms with Crippen LogP contribution >= 0.6 is 0 Å². The van der Waals surface area contributed by atoms with E-state index in [0.29, 0.717) is 30.6 Å². The molecule has 0 spiro atoms. The predicted octanol–water partition coefficient (Wildman–Crippen LogP) is 1.17. The van der Waals surface area contributed by atoms with Gasteiger partial charge in [0, 0.05) is 31.6 Å². The molecule has 112 valence electrons. The molecule has 0 aromatic carbocycles. The van der Waals surface area contributed by atoms with E-state index in [1.165, 1.54) is 18.5 Å². The van der Waals surface area contributed by atoms with E-state index in [1.54, 1.807) is 17.9 Å². The minimum absolute atomic E-state index is 0.201. The quantitative estimate of drug-likeness (QED) is 0.815. The summed E-state index contributed by atoms with van der Waals surface area (Å²) in [5.41, 5.74) is 0.0783. The van der Waals surface area contributed by atoms with E-state index in [1.807, 2.05) is 0 Å². The van der Waals surface area contributed by atoms with Crippen LogP contribution in [0.25, 0.3) is 6.08 Å². The van der Waals surface area contributed by atoms with Gasteiger partial charge in [0.05, 0.1) is 11.2 Å². The Morgan fingerprint density at radius 3 is 2.86 bits per heavy atom. The van der Waals surface area contributed by atoms with Crippen molar-refractivity contribution >= 4 is 18.0 Å². The molecule has 1 amide bonds. The monoisotopic (exact) mass is 290 g/mol. The molecule has 2 N–H and O–H groups in total. The van der Waals surface area contributed by atoms with E-state index in [4.69, 9.17) is 5.11 Å². The molecule has 1 aromatic heterocycles. The minimum atomic E-state index is -1.06. The highest BCUT2D eigenvalue weighted by Crippen LogP contribution is 2.22. The second-order valence-electron chi connectivity index (χ2n) is 5.51. The van der Waals surface area contributed by atoms with Crippen molar-refractivity contribution in [2.24, 2.45) is 0 Å². The van der Waals surface area contributed by atoms with Crippen LogP contribution in [0, 0.1) is 0 Å². The van der Waals surface area contributed by atoms with E-state index >= 15 is 0 Å². The first-order valence-corrected chi connectivity index (χ1v) is 6.75. The molecule has 21 heavy (non-hydrogen) atoms. The van der Waals surface area contributed by atoms with Crippen LogP contribution in [-0.4, -0.2) is 50.7 Å². The summed E-state index contributed by atoms with van der Waals surface area (Å²) >= 11 is 0. The van der Waals surface area contributed by atoms with E-state index in [0.717, 1.165) is 12.5 Å². The first-order chi connectivity index (χ1) is 9.87. The molecule has 0 bridgehead atoms. The Kier molecular flexibility index (Phi) is 4.37. The third-order valence-electron chi connectivity index (χ3n) is 3.39. The molecule has 1 saturated heterocycles. The summed E-state index contributed by atoms with van der Waals surface area (Å²) in [7, 11) is 0. The standard InChI is InChI=1S/C15H18N2O4/c1-15(21)5-2-6-17(10-15)14(20)12-7-11(8-16-9-12)3-4-13(18)19/h3-4,7-9,21H,2,5-6,10H2,1H3,(H,18,19)/b4-3+. The van der Waals surface area contributed by atoms with Gasteiger partial charge < -0.3 is 15.1 Å². The van der Waals surface area contributed by atoms with Crippen molar-refractivity contribution in [2.45, 2.75) is 25.4 Å². The van der Waals surface area contributed by atoms with Crippen LogP contribution in [0.1, 0.15) is 35.7 Å². The number of aromatic nitrogens is 1. The first-order valence-electron chi connectivity index (χ1n) is 6.75. The average molecular weight is 290 g/mol. The highest BCUT2D eigenvalue weighted by molar-refractivity contribution is 5.95. The number of carboxylic acids is 1. The third kappa shape index (κ3) is 4.13. The van der Waals surface area contributed by atoms with Gasteiger partial charge in [-0.1, -0.05) is 0 Å². The smallest absolute Gasteiger partial charge is 0.328 e. The number of aliphatic hydroxyl groups is 1. The number of piperidine rings is 1. The van der Waals surface area contributed by atoms with Gasteiger partial charge in [0.15, 0.2) is 0 Å². The Labute approximate surface area is 122 Å². The van der Waals surface area contributed by atoms with E-state index in [-0.39, 0.29) is 5.91 Å². The van der Waals surface area contributed by atoms with E-state index in [2.05, 4.69) is 4.98 Å². The van der Waals surface area contributed by atoms with Gasteiger partial charge in [-0.3, -0.25) is 9.78 Å². The highest BCUT2D eigenvalue weighted by atomic mass is 16.4. The number of hydrogen-bond acceptors (Lipinski definition) is 4. The molecular formula is C15H18N2O4. The number of carbonyl (C=O) groups excluding carboxylic acids is 1. The molecule has 1 aliphatic rings. The zero-order chi connectivity index (χ0) is 15.5. The maximum absolute atomic E-state index is 12.4. The van der Waals surface area contributed by atoms with Crippen molar-refractivity contribution < 1.29 is 19.8 Å². The van der Waals surface area contributed by atoms with Crippen LogP contribution in [0.15, 0.2) is 24.5 Å². The lowest BCUT2D eigenvalue weighted by Gasteiger charge is -2.36. The first kappa shape index (κ1) is 15.2. The summed E-state index contributed by atoms with van der Waals surface area (Å²) in [5.74, 6) is -1.26. The van der Waals surface area contributed by atoms with Crippen molar-refractivity contribution in [3.05, 3.63) is 35.7 Å². The van der Waals surface area contributed by atoms with Crippen molar-refractivity contribution in [1.29, 1.82) is 0 Å². The molecular weight excluding hydrogens is 272 g/mol. The second-order valence-corrected chi connectivity index (χ2v) is 5.51. The fourth-order valence-corrected chi connectivity index (χ4v) is 2.41. The largest absolute Gasteiger partial charge is 0.478 e. The maximum Gasteiger partial charge on any atom is 0.328 e. The van der Waals surface area contributed by atoms with Gasteiger partial charge in [0.25, 0.3) is 5.91 Å². The molecule has 1 aromatic rings. The number of carboxylic acid groups (broad SMARTS) is 1. The van der Waals surface area contributed by atoms with Crippen molar-refractivity contribution in [1.82, 2.24) is 9.88 Å². The Morgan fingerprint density at radius 2 is 2.19 bits per heavy atom. The number of amides is 1. The molecule has 6 heteroatoms. The van der Waals surface area contributed by atoms with Crippen molar-refractivity contribution in [3.63, 3.8) is 0 Å². The molecule has 2 rings (SSSR count). The fraction of sp³-hybridized carbons (Fsp3) is 0.400. The molecule has 0 radical (unpaired) electrons. The van der Waals surface area contributed by atoms with Gasteiger partial charge in [-0.05, 0) is 37.5 Å². The number of likely N-dealkylation sites (tertiary alicyclic amines) is 1. The van der Waals surface area contributed by atoms with Crippen LogP contribution < -0.4 is 0 Å². The number of carbonyl (C=O) groups is 2. The topological polar surface area (TPSA) is 90.7 Å². The van der Waals surface area contributed by atoms with Crippen LogP contribution in [0.5, 0.6) is 0 Å². The summed E-state index contributed by atoms with van der Waals surface area (Å²) in [6.45, 7) is 2.61. The SMILES string of the molecule is CC1(O)CCCN(C(=O)c2cncc(/C=C/C(=O)O)c2)C1. The van der Waals surface area contributed by atoms with Crippen molar-refractivity contribution in [2.75, 3.05) is 13.1 Å². The van der Waals surface area contributed by atoms with Gasteiger partial charge in [0.2, 0.25) is 0 Å². The molecule has 0 aliphatic carbocycles. The summed E-state index contributed by atoms with van der Waals surface area (Å²) in [4.78, 5) is 28.5. The number of β-amino-alcohol motifs (C(OH)–C–C–N with tert-alkyl or cyclic N) is 1. The predicted molar refractivity (Wildman–Crippen MR) is 76.7 cm³/mol.